The minimum absolute atomic E-state index is 0. The molecule has 1 fully saturated rings. The zero-order valence-electron chi connectivity index (χ0n) is 25.3. The monoisotopic (exact) mass is 643 g/mol. The molecule has 5 rings (SSSR count). The van der Waals surface area contributed by atoms with Crippen LogP contribution in [0.5, 0.6) is 5.75 Å². The number of benzene rings is 3. The van der Waals surface area contributed by atoms with Crippen LogP contribution in [0.1, 0.15) is 34.3 Å². The number of piperidine rings is 1. The highest BCUT2D eigenvalue weighted by atomic mass is 35.5. The van der Waals surface area contributed by atoms with Crippen molar-refractivity contribution < 1.29 is 19.5 Å². The van der Waals surface area contributed by atoms with E-state index in [2.05, 4.69) is 16.3 Å². The van der Waals surface area contributed by atoms with Gasteiger partial charge in [-0.3, -0.25) is 24.2 Å². The first-order valence-corrected chi connectivity index (χ1v) is 14.4. The molecule has 12 nitrogen and oxygen atoms in total. The second-order valence-electron chi connectivity index (χ2n) is 10.8. The molecule has 2 amide bonds. The molecule has 238 valence electrons. The Morgan fingerprint density at radius 2 is 1.72 bits per heavy atom. The molecule has 3 aromatic carbocycles. The van der Waals surface area contributed by atoms with E-state index < -0.39 is 11.8 Å². The maximum atomic E-state index is 13.9. The second kappa shape index (κ2) is 14.7. The Morgan fingerprint density at radius 3 is 2.33 bits per heavy atom. The van der Waals surface area contributed by atoms with Gasteiger partial charge in [0.05, 0.1) is 22.9 Å². The van der Waals surface area contributed by atoms with E-state index in [1.165, 1.54) is 6.07 Å². The van der Waals surface area contributed by atoms with Gasteiger partial charge in [0.15, 0.2) is 6.61 Å². The molecule has 1 aliphatic heterocycles. The number of ether oxygens (including phenoxy) is 1. The number of hydrogen-bond acceptors (Lipinski definition) is 9. The topological polar surface area (TPSA) is 176 Å². The van der Waals surface area contributed by atoms with Crippen LogP contribution in [0, 0.1) is 18.3 Å². The van der Waals surface area contributed by atoms with Gasteiger partial charge >= 0.3 is 0 Å². The number of hydrogen-bond donors (Lipinski definition) is 4. The van der Waals surface area contributed by atoms with Crippen molar-refractivity contribution in [2.45, 2.75) is 25.8 Å². The van der Waals surface area contributed by atoms with Crippen LogP contribution in [0.2, 0.25) is 0 Å². The number of halogens is 1. The third kappa shape index (κ3) is 7.35. The molecular formula is C33H34ClN7O5. The van der Waals surface area contributed by atoms with E-state index in [9.17, 15) is 19.6 Å². The number of hydroxylamine groups is 1. The van der Waals surface area contributed by atoms with Crippen molar-refractivity contribution in [3.8, 4) is 34.2 Å². The van der Waals surface area contributed by atoms with Gasteiger partial charge in [0.2, 0.25) is 5.95 Å². The van der Waals surface area contributed by atoms with Crippen molar-refractivity contribution >= 4 is 35.9 Å². The van der Waals surface area contributed by atoms with Crippen molar-refractivity contribution in [1.82, 2.24) is 15.0 Å². The van der Waals surface area contributed by atoms with Crippen molar-refractivity contribution in [2.24, 2.45) is 12.8 Å². The van der Waals surface area contributed by atoms with Gasteiger partial charge in [0.1, 0.15) is 5.75 Å². The third-order valence-electron chi connectivity index (χ3n) is 7.75. The number of anilines is 2. The molecule has 4 aromatic rings. The smallest absolute Gasteiger partial charge is 0.274 e. The van der Waals surface area contributed by atoms with Gasteiger partial charge in [-0.05, 0) is 73.4 Å². The summed E-state index contributed by atoms with van der Waals surface area (Å²) >= 11 is 0. The molecule has 2 heterocycles. The van der Waals surface area contributed by atoms with Gasteiger partial charge in [0, 0.05) is 43.0 Å². The van der Waals surface area contributed by atoms with Crippen LogP contribution in [0.3, 0.4) is 0 Å². The maximum Gasteiger partial charge on any atom is 0.274 e. The summed E-state index contributed by atoms with van der Waals surface area (Å²) in [7, 11) is 1.71. The van der Waals surface area contributed by atoms with E-state index in [0.717, 1.165) is 12.8 Å². The van der Waals surface area contributed by atoms with E-state index >= 15 is 0 Å². The van der Waals surface area contributed by atoms with Crippen LogP contribution in [0.15, 0.2) is 71.5 Å². The number of nitrogens with zero attached hydrogens (tertiary/aromatic N) is 4. The Balaban J connectivity index is 0.00000480. The van der Waals surface area contributed by atoms with Gasteiger partial charge in [-0.2, -0.15) is 5.26 Å². The van der Waals surface area contributed by atoms with Gasteiger partial charge in [-0.25, -0.2) is 10.5 Å². The number of nitriles is 1. The molecule has 1 saturated heterocycles. The number of carbonyl (C=O) groups excluding carboxylic acids is 2. The Hall–Kier alpha value is -5.22. The van der Waals surface area contributed by atoms with Crippen molar-refractivity contribution in [2.75, 3.05) is 29.9 Å². The summed E-state index contributed by atoms with van der Waals surface area (Å²) < 4.78 is 7.25. The van der Waals surface area contributed by atoms with Crippen LogP contribution in [-0.4, -0.2) is 52.3 Å². The number of rotatable bonds is 8. The summed E-state index contributed by atoms with van der Waals surface area (Å²) in [6.07, 6.45) is 1.61. The molecule has 1 aliphatic rings. The van der Waals surface area contributed by atoms with E-state index in [1.807, 2.05) is 0 Å². The zero-order chi connectivity index (χ0) is 32.1. The van der Waals surface area contributed by atoms with Crippen molar-refractivity contribution in [3.63, 3.8) is 0 Å². The van der Waals surface area contributed by atoms with E-state index in [4.69, 9.17) is 20.7 Å². The SMILES string of the molecule is Cc1cc(C(=O)NO)ccc1NC(=O)COc1ccc(-c2c(-c3ccc(C#N)cc3)nc(N3CCC(N)CC3)n(C)c2=O)cc1.Cl. The summed E-state index contributed by atoms with van der Waals surface area (Å²) in [5, 5.41) is 20.8. The molecule has 46 heavy (non-hydrogen) atoms. The fourth-order valence-corrected chi connectivity index (χ4v) is 5.21. The molecule has 1 aromatic heterocycles. The molecule has 0 saturated carbocycles. The largest absolute Gasteiger partial charge is 0.484 e. The first-order valence-electron chi connectivity index (χ1n) is 14.4. The fourth-order valence-electron chi connectivity index (χ4n) is 5.21. The number of carbonyl (C=O) groups is 2. The lowest BCUT2D eigenvalue weighted by atomic mass is 9.99. The maximum absolute atomic E-state index is 13.9. The first-order chi connectivity index (χ1) is 21.7. The minimum Gasteiger partial charge on any atom is -0.484 e. The third-order valence-corrected chi connectivity index (χ3v) is 7.75. The lowest BCUT2D eigenvalue weighted by Gasteiger charge is -2.32. The predicted octanol–water partition coefficient (Wildman–Crippen LogP) is 3.78. The zero-order valence-corrected chi connectivity index (χ0v) is 26.1. The van der Waals surface area contributed by atoms with Crippen LogP contribution in [0.25, 0.3) is 22.4 Å². The number of amides is 2. The summed E-state index contributed by atoms with van der Waals surface area (Å²) in [5.74, 6) is -0.0744. The highest BCUT2D eigenvalue weighted by molar-refractivity contribution is 5.96. The number of nitrogens with one attached hydrogen (secondary N) is 2. The van der Waals surface area contributed by atoms with Crippen LogP contribution in [0.4, 0.5) is 11.6 Å². The fraction of sp³-hybridized carbons (Fsp3) is 0.242. The van der Waals surface area contributed by atoms with Gasteiger partial charge in [0.25, 0.3) is 17.4 Å². The van der Waals surface area contributed by atoms with Crippen molar-refractivity contribution in [1.29, 1.82) is 5.26 Å². The Bertz CT molecular complexity index is 1830. The molecule has 13 heteroatoms. The van der Waals surface area contributed by atoms with Crippen molar-refractivity contribution in [3.05, 3.63) is 93.8 Å². The van der Waals surface area contributed by atoms with Crippen LogP contribution in [-0.2, 0) is 11.8 Å². The Kier molecular flexibility index (Phi) is 10.8. The number of nitrogens with two attached hydrogens (primary N) is 1. The number of aryl methyl sites for hydroxylation is 1. The standard InChI is InChI=1S/C33H33N7O5.ClH/c1-20-17-24(31(42)38-44)9-12-27(20)36-28(41)19-45-26-10-7-22(8-11-26)29-30(23-5-3-21(18-34)4-6-23)37-33(39(2)32(29)43)40-15-13-25(35)14-16-40;/h3-12,17,25,44H,13-16,19,35H2,1-2H3,(H,36,41)(H,38,42);1H. The van der Waals surface area contributed by atoms with Crippen LogP contribution >= 0.6 is 12.4 Å². The molecule has 0 aliphatic carbocycles. The predicted molar refractivity (Wildman–Crippen MR) is 176 cm³/mol. The molecular weight excluding hydrogens is 610 g/mol. The lowest BCUT2D eigenvalue weighted by molar-refractivity contribution is -0.118. The second-order valence-corrected chi connectivity index (χ2v) is 10.8. The molecule has 0 bridgehead atoms. The highest BCUT2D eigenvalue weighted by Gasteiger charge is 2.24. The lowest BCUT2D eigenvalue weighted by Crippen LogP contribution is -2.42. The van der Waals surface area contributed by atoms with Gasteiger partial charge in [-0.15, -0.1) is 12.4 Å². The first kappa shape index (κ1) is 33.7. The van der Waals surface area contributed by atoms with E-state index in [-0.39, 0.29) is 36.2 Å². The summed E-state index contributed by atoms with van der Waals surface area (Å²) in [4.78, 5) is 45.1. The van der Waals surface area contributed by atoms with Crippen LogP contribution < -0.4 is 31.7 Å². The molecule has 0 radical (unpaired) electrons. The Labute approximate surface area is 271 Å². The molecule has 5 N–H and O–H groups in total. The van der Waals surface area contributed by atoms with E-state index in [1.54, 1.807) is 84.7 Å². The molecule has 0 atom stereocenters. The summed E-state index contributed by atoms with van der Waals surface area (Å²) in [5.41, 5.74) is 11.6. The highest BCUT2D eigenvalue weighted by Crippen LogP contribution is 2.31. The van der Waals surface area contributed by atoms with Gasteiger partial charge in [-0.1, -0.05) is 24.3 Å². The van der Waals surface area contributed by atoms with Gasteiger partial charge < -0.3 is 20.7 Å². The normalized spacial score (nSPS) is 12.9. The summed E-state index contributed by atoms with van der Waals surface area (Å²) in [6.45, 7) is 2.84. The quantitative estimate of drug-likeness (QED) is 0.164. The number of aromatic nitrogens is 2. The minimum atomic E-state index is -0.649. The summed E-state index contributed by atoms with van der Waals surface area (Å²) in [6, 6.07) is 20.6. The molecule has 0 spiro atoms. The Morgan fingerprint density at radius 1 is 1.07 bits per heavy atom. The van der Waals surface area contributed by atoms with E-state index in [0.29, 0.717) is 64.0 Å². The average molecular weight is 644 g/mol. The average Bonchev–Trinajstić information content (AvgIpc) is 3.06. The molecule has 0 unspecified atom stereocenters.